The van der Waals surface area contributed by atoms with Crippen LogP contribution in [0.1, 0.15) is 0 Å². The minimum absolute atomic E-state index is 0.738. The van der Waals surface area contributed by atoms with E-state index in [2.05, 4.69) is 200 Å². The van der Waals surface area contributed by atoms with Gasteiger partial charge in [0.1, 0.15) is 4.83 Å². The van der Waals surface area contributed by atoms with E-state index in [4.69, 9.17) is 9.97 Å². The molecule has 0 radical (unpaired) electrons. The Labute approximate surface area is 324 Å². The minimum Gasteiger partial charge on any atom is -0.227 e. The summed E-state index contributed by atoms with van der Waals surface area (Å²) in [5.74, 6) is 0.738. The second-order valence-corrected chi connectivity index (χ2v) is 14.8. The van der Waals surface area contributed by atoms with E-state index in [0.29, 0.717) is 0 Å². The third kappa shape index (κ3) is 6.41. The summed E-state index contributed by atoms with van der Waals surface area (Å²) in [6.45, 7) is 0. The van der Waals surface area contributed by atoms with Crippen molar-refractivity contribution in [3.05, 3.63) is 206 Å². The number of hydrogen-bond donors (Lipinski definition) is 0. The van der Waals surface area contributed by atoms with Crippen molar-refractivity contribution in [1.29, 1.82) is 0 Å². The smallest absolute Gasteiger partial charge is 0.161 e. The molecule has 0 bridgehead atoms. The fourth-order valence-electron chi connectivity index (χ4n) is 7.49. The standard InChI is InChI=1S/C52H34N2S/c1-4-13-35(14-5-1)44-32-45(36-15-6-2-7-16-36)34-46(33-44)40-29-25-38(26-30-40)37-23-27-39(28-24-37)42-19-12-20-43(31-42)51-53-50(41-17-8-3-9-18-41)49-47-21-10-11-22-48(47)55-52(49)54-51/h1-34H. The number of benzene rings is 8. The quantitative estimate of drug-likeness (QED) is 0.164. The summed E-state index contributed by atoms with van der Waals surface area (Å²) in [7, 11) is 0. The SMILES string of the molecule is c1ccc(-c2cc(-c3ccccc3)cc(-c3ccc(-c4ccc(-c5cccc(-c6nc(-c7ccccc7)c7c(n6)sc6ccccc67)c5)cc4)cc3)c2)cc1. The van der Waals surface area contributed by atoms with E-state index in [1.54, 1.807) is 11.3 Å². The second-order valence-electron chi connectivity index (χ2n) is 13.8. The normalized spacial score (nSPS) is 11.3. The predicted molar refractivity (Wildman–Crippen MR) is 233 cm³/mol. The first-order valence-electron chi connectivity index (χ1n) is 18.6. The maximum absolute atomic E-state index is 5.22. The van der Waals surface area contributed by atoms with Gasteiger partial charge in [-0.25, -0.2) is 9.97 Å². The highest BCUT2D eigenvalue weighted by molar-refractivity contribution is 7.25. The molecule has 8 aromatic carbocycles. The number of hydrogen-bond acceptors (Lipinski definition) is 3. The van der Waals surface area contributed by atoms with Crippen LogP contribution in [0, 0.1) is 0 Å². The molecule has 258 valence electrons. The van der Waals surface area contributed by atoms with Crippen LogP contribution >= 0.6 is 11.3 Å². The van der Waals surface area contributed by atoms with Gasteiger partial charge >= 0.3 is 0 Å². The van der Waals surface area contributed by atoms with E-state index >= 15 is 0 Å². The lowest BCUT2D eigenvalue weighted by molar-refractivity contribution is 1.24. The molecule has 2 heterocycles. The van der Waals surface area contributed by atoms with Crippen molar-refractivity contribution < 1.29 is 0 Å². The van der Waals surface area contributed by atoms with Crippen molar-refractivity contribution in [3.63, 3.8) is 0 Å². The van der Waals surface area contributed by atoms with Crippen LogP contribution in [0.25, 0.3) is 98.6 Å². The van der Waals surface area contributed by atoms with Gasteiger partial charge in [0.25, 0.3) is 0 Å². The van der Waals surface area contributed by atoms with Gasteiger partial charge < -0.3 is 0 Å². The van der Waals surface area contributed by atoms with Crippen LogP contribution in [-0.4, -0.2) is 9.97 Å². The molecule has 0 amide bonds. The molecule has 55 heavy (non-hydrogen) atoms. The molecule has 0 unspecified atom stereocenters. The van der Waals surface area contributed by atoms with Crippen molar-refractivity contribution in [2.24, 2.45) is 0 Å². The van der Waals surface area contributed by atoms with E-state index < -0.39 is 0 Å². The van der Waals surface area contributed by atoms with Gasteiger partial charge in [0.05, 0.1) is 5.69 Å². The van der Waals surface area contributed by atoms with E-state index in [1.165, 1.54) is 54.6 Å². The number of nitrogens with zero attached hydrogens (tertiary/aromatic N) is 2. The lowest BCUT2D eigenvalue weighted by Gasteiger charge is -2.12. The van der Waals surface area contributed by atoms with Crippen LogP contribution in [0.4, 0.5) is 0 Å². The number of fused-ring (bicyclic) bond motifs is 3. The summed E-state index contributed by atoms with van der Waals surface area (Å²) in [4.78, 5) is 11.4. The van der Waals surface area contributed by atoms with Gasteiger partial charge in [-0.05, 0) is 86.0 Å². The van der Waals surface area contributed by atoms with E-state index in [9.17, 15) is 0 Å². The maximum Gasteiger partial charge on any atom is 0.161 e. The van der Waals surface area contributed by atoms with Crippen LogP contribution < -0.4 is 0 Å². The van der Waals surface area contributed by atoms with E-state index in [-0.39, 0.29) is 0 Å². The van der Waals surface area contributed by atoms with Gasteiger partial charge in [-0.15, -0.1) is 11.3 Å². The van der Waals surface area contributed by atoms with E-state index in [0.717, 1.165) is 44.0 Å². The zero-order chi connectivity index (χ0) is 36.6. The average Bonchev–Trinajstić information content (AvgIpc) is 3.66. The van der Waals surface area contributed by atoms with Crippen LogP contribution in [0.2, 0.25) is 0 Å². The summed E-state index contributed by atoms with van der Waals surface area (Å²) in [5, 5.41) is 2.32. The fourth-order valence-corrected chi connectivity index (χ4v) is 8.57. The Morgan fingerprint density at radius 3 is 1.25 bits per heavy atom. The Morgan fingerprint density at radius 2 is 0.691 bits per heavy atom. The molecule has 0 N–H and O–H groups in total. The topological polar surface area (TPSA) is 25.8 Å². The molecule has 3 heteroatoms. The summed E-state index contributed by atoms with van der Waals surface area (Å²) in [5.41, 5.74) is 15.0. The van der Waals surface area contributed by atoms with Gasteiger partial charge in [-0.1, -0.05) is 176 Å². The van der Waals surface area contributed by atoms with Crippen LogP contribution in [0.3, 0.4) is 0 Å². The average molecular weight is 719 g/mol. The monoisotopic (exact) mass is 718 g/mol. The molecule has 0 saturated heterocycles. The molecular formula is C52H34N2S. The van der Waals surface area contributed by atoms with Gasteiger partial charge in [-0.2, -0.15) is 0 Å². The Hall–Kier alpha value is -6.94. The van der Waals surface area contributed by atoms with Crippen molar-refractivity contribution in [2.45, 2.75) is 0 Å². The molecular weight excluding hydrogens is 685 g/mol. The Kier molecular flexibility index (Phi) is 8.40. The lowest BCUT2D eigenvalue weighted by Crippen LogP contribution is -1.94. The van der Waals surface area contributed by atoms with Crippen LogP contribution in [0.15, 0.2) is 206 Å². The first-order valence-corrected chi connectivity index (χ1v) is 19.4. The zero-order valence-electron chi connectivity index (χ0n) is 29.9. The van der Waals surface area contributed by atoms with Crippen LogP contribution in [-0.2, 0) is 0 Å². The van der Waals surface area contributed by atoms with Crippen molar-refractivity contribution in [2.75, 3.05) is 0 Å². The highest BCUT2D eigenvalue weighted by Gasteiger charge is 2.17. The molecule has 0 spiro atoms. The predicted octanol–water partition coefficient (Wildman–Crippen LogP) is 14.5. The van der Waals surface area contributed by atoms with Gasteiger partial charge in [0.2, 0.25) is 0 Å². The zero-order valence-corrected chi connectivity index (χ0v) is 30.7. The molecule has 0 fully saturated rings. The largest absolute Gasteiger partial charge is 0.227 e. The first-order chi connectivity index (χ1) is 27.2. The highest BCUT2D eigenvalue weighted by Crippen LogP contribution is 2.40. The Balaban J connectivity index is 0.953. The lowest BCUT2D eigenvalue weighted by atomic mass is 9.92. The Morgan fingerprint density at radius 1 is 0.291 bits per heavy atom. The number of aromatic nitrogens is 2. The van der Waals surface area contributed by atoms with Crippen molar-refractivity contribution in [1.82, 2.24) is 9.97 Å². The number of rotatable bonds is 7. The van der Waals surface area contributed by atoms with E-state index in [1.807, 2.05) is 6.07 Å². The maximum atomic E-state index is 5.22. The molecule has 0 aliphatic heterocycles. The number of thiophene rings is 1. The van der Waals surface area contributed by atoms with Gasteiger partial charge in [-0.3, -0.25) is 0 Å². The van der Waals surface area contributed by atoms with Crippen LogP contribution in [0.5, 0.6) is 0 Å². The molecule has 10 aromatic rings. The summed E-state index contributed by atoms with van der Waals surface area (Å²) >= 11 is 1.73. The fraction of sp³-hybridized carbons (Fsp3) is 0. The molecule has 0 saturated carbocycles. The van der Waals surface area contributed by atoms with Crippen molar-refractivity contribution >= 4 is 31.6 Å². The van der Waals surface area contributed by atoms with Gasteiger partial charge in [0, 0.05) is 26.6 Å². The minimum atomic E-state index is 0.738. The molecule has 0 aliphatic carbocycles. The van der Waals surface area contributed by atoms with Crippen molar-refractivity contribution in [3.8, 4) is 78.3 Å². The molecule has 2 aromatic heterocycles. The molecule has 2 nitrogen and oxygen atoms in total. The molecule has 10 rings (SSSR count). The first kappa shape index (κ1) is 32.7. The summed E-state index contributed by atoms with van der Waals surface area (Å²) < 4.78 is 1.22. The summed E-state index contributed by atoms with van der Waals surface area (Å²) in [6, 6.07) is 73.5. The molecule has 0 aliphatic rings. The summed E-state index contributed by atoms with van der Waals surface area (Å²) in [6.07, 6.45) is 0. The highest BCUT2D eigenvalue weighted by atomic mass is 32.1. The van der Waals surface area contributed by atoms with Gasteiger partial charge in [0.15, 0.2) is 5.82 Å². The third-order valence-corrected chi connectivity index (χ3v) is 11.4. The Bertz CT molecular complexity index is 2880. The third-order valence-electron chi connectivity index (χ3n) is 10.3. The molecule has 0 atom stereocenters. The second kappa shape index (κ2) is 14.1.